The minimum Gasteiger partial charge on any atom is -0.363 e. The van der Waals surface area contributed by atoms with E-state index in [9.17, 15) is 14.9 Å². The van der Waals surface area contributed by atoms with Crippen molar-refractivity contribution in [3.05, 3.63) is 63.7 Å². The molecule has 154 valence electrons. The Morgan fingerprint density at radius 3 is 2.21 bits per heavy atom. The Kier molecular flexibility index (Phi) is 6.82. The monoisotopic (exact) mass is 396 g/mol. The highest BCUT2D eigenvalue weighted by molar-refractivity contribution is 5.93. The molecule has 0 spiro atoms. The Morgan fingerprint density at radius 2 is 1.62 bits per heavy atom. The third-order valence-corrected chi connectivity index (χ3v) is 5.42. The van der Waals surface area contributed by atoms with E-state index in [4.69, 9.17) is 0 Å². The van der Waals surface area contributed by atoms with Crippen molar-refractivity contribution in [3.63, 3.8) is 0 Å². The Bertz CT molecular complexity index is 854. The summed E-state index contributed by atoms with van der Waals surface area (Å²) in [5.41, 5.74) is 4.02. The zero-order valence-electron chi connectivity index (χ0n) is 17.1. The zero-order valence-corrected chi connectivity index (χ0v) is 17.1. The highest BCUT2D eigenvalue weighted by Crippen LogP contribution is 2.28. The van der Waals surface area contributed by atoms with E-state index in [1.165, 1.54) is 6.07 Å². The third kappa shape index (κ3) is 4.92. The average Bonchev–Trinajstić information content (AvgIpc) is 2.74. The van der Waals surface area contributed by atoms with Gasteiger partial charge in [0.25, 0.3) is 5.69 Å². The number of anilines is 2. The fourth-order valence-electron chi connectivity index (χ4n) is 3.82. The van der Waals surface area contributed by atoms with Crippen LogP contribution >= 0.6 is 0 Å². The van der Waals surface area contributed by atoms with Gasteiger partial charge in [-0.3, -0.25) is 19.8 Å². The first kappa shape index (κ1) is 20.8. The fraction of sp³-hybridized carbons (Fsp3) is 0.409. The second-order valence-electron chi connectivity index (χ2n) is 7.22. The second-order valence-corrected chi connectivity index (χ2v) is 7.22. The maximum Gasteiger partial charge on any atom is 0.292 e. The molecule has 0 aliphatic carbocycles. The normalized spacial score (nSPS) is 14.6. The van der Waals surface area contributed by atoms with Crippen LogP contribution < -0.4 is 10.2 Å². The number of carbonyl (C=O) groups excluding carboxylic acids is 1. The molecule has 1 N–H and O–H groups in total. The molecule has 1 fully saturated rings. The number of benzene rings is 2. The summed E-state index contributed by atoms with van der Waals surface area (Å²) in [6.45, 7) is 7.20. The molecule has 1 heterocycles. The zero-order chi connectivity index (χ0) is 20.8. The topological polar surface area (TPSA) is 78.7 Å². The molecule has 2 aromatic rings. The lowest BCUT2D eigenvalue weighted by molar-refractivity contribution is -0.384. The Morgan fingerprint density at radius 1 is 1.00 bits per heavy atom. The van der Waals surface area contributed by atoms with Crippen molar-refractivity contribution in [3.8, 4) is 0 Å². The van der Waals surface area contributed by atoms with Crippen LogP contribution in [0.4, 0.5) is 17.1 Å². The van der Waals surface area contributed by atoms with E-state index >= 15 is 0 Å². The van der Waals surface area contributed by atoms with Crippen LogP contribution in [0.15, 0.2) is 42.5 Å². The number of hydrogen-bond donors (Lipinski definition) is 1. The molecule has 3 rings (SSSR count). The lowest BCUT2D eigenvalue weighted by atomic mass is 10.0. The van der Waals surface area contributed by atoms with Crippen LogP contribution in [0, 0.1) is 10.1 Å². The van der Waals surface area contributed by atoms with E-state index < -0.39 is 0 Å². The SMILES string of the molecule is CCc1cccc(CC)c1NC(=O)CN1CCN(c2ccccc2[N+](=O)[O-])CC1. The molecule has 0 atom stereocenters. The van der Waals surface area contributed by atoms with Crippen molar-refractivity contribution in [1.29, 1.82) is 0 Å². The van der Waals surface area contributed by atoms with Crippen LogP contribution in [-0.2, 0) is 17.6 Å². The van der Waals surface area contributed by atoms with Crippen molar-refractivity contribution >= 4 is 23.0 Å². The summed E-state index contributed by atoms with van der Waals surface area (Å²) in [5.74, 6) is -0.0141. The molecule has 0 radical (unpaired) electrons. The number of nitro benzene ring substituents is 1. The predicted octanol–water partition coefficient (Wildman–Crippen LogP) is 3.48. The van der Waals surface area contributed by atoms with Crippen LogP contribution in [0.3, 0.4) is 0 Å². The van der Waals surface area contributed by atoms with Gasteiger partial charge in [-0.05, 0) is 30.0 Å². The number of nitrogens with one attached hydrogen (secondary N) is 1. The molecule has 0 aromatic heterocycles. The number of hydrogen-bond acceptors (Lipinski definition) is 5. The number of nitro groups is 1. The van der Waals surface area contributed by atoms with Gasteiger partial charge in [-0.1, -0.05) is 44.2 Å². The molecule has 0 bridgehead atoms. The molecule has 1 amide bonds. The third-order valence-electron chi connectivity index (χ3n) is 5.42. The lowest BCUT2D eigenvalue weighted by Gasteiger charge is -2.35. The van der Waals surface area contributed by atoms with Crippen LogP contribution in [0.1, 0.15) is 25.0 Å². The summed E-state index contributed by atoms with van der Waals surface area (Å²) in [5, 5.41) is 14.4. The number of para-hydroxylation sites is 3. The second kappa shape index (κ2) is 9.52. The van der Waals surface area contributed by atoms with Gasteiger partial charge in [-0.15, -0.1) is 0 Å². The molecule has 0 saturated carbocycles. The molecule has 1 aliphatic rings. The van der Waals surface area contributed by atoms with Crippen LogP contribution in [0.25, 0.3) is 0 Å². The summed E-state index contributed by atoms with van der Waals surface area (Å²) in [4.78, 5) is 27.7. The van der Waals surface area contributed by atoms with Gasteiger partial charge in [0.1, 0.15) is 5.69 Å². The van der Waals surface area contributed by atoms with Crippen molar-refractivity contribution in [1.82, 2.24) is 4.90 Å². The van der Waals surface area contributed by atoms with Gasteiger partial charge in [0.05, 0.1) is 11.5 Å². The van der Waals surface area contributed by atoms with Gasteiger partial charge in [0.2, 0.25) is 5.91 Å². The maximum absolute atomic E-state index is 12.7. The molecule has 1 saturated heterocycles. The highest BCUT2D eigenvalue weighted by Gasteiger charge is 2.24. The van der Waals surface area contributed by atoms with Crippen LogP contribution in [-0.4, -0.2) is 48.5 Å². The standard InChI is InChI=1S/C22H28N4O3/c1-3-17-8-7-9-18(4-2)22(17)23-21(27)16-24-12-14-25(15-13-24)19-10-5-6-11-20(19)26(28)29/h5-11H,3-4,12-16H2,1-2H3,(H,23,27). The summed E-state index contributed by atoms with van der Waals surface area (Å²) in [7, 11) is 0. The summed E-state index contributed by atoms with van der Waals surface area (Å²) >= 11 is 0. The summed E-state index contributed by atoms with van der Waals surface area (Å²) in [6, 6.07) is 13.0. The molecular weight excluding hydrogens is 368 g/mol. The van der Waals surface area contributed by atoms with Gasteiger partial charge in [0, 0.05) is 37.9 Å². The largest absolute Gasteiger partial charge is 0.363 e. The minimum absolute atomic E-state index is 0.0141. The molecule has 7 nitrogen and oxygen atoms in total. The quantitative estimate of drug-likeness (QED) is 0.573. The first-order chi connectivity index (χ1) is 14.0. The predicted molar refractivity (Wildman–Crippen MR) is 116 cm³/mol. The molecule has 29 heavy (non-hydrogen) atoms. The van der Waals surface area contributed by atoms with Crippen molar-refractivity contribution in [2.75, 3.05) is 42.9 Å². The maximum atomic E-state index is 12.7. The average molecular weight is 396 g/mol. The number of aryl methyl sites for hydroxylation is 2. The Hall–Kier alpha value is -2.93. The first-order valence-corrected chi connectivity index (χ1v) is 10.1. The minimum atomic E-state index is -0.342. The van der Waals surface area contributed by atoms with Gasteiger partial charge in [-0.2, -0.15) is 0 Å². The smallest absolute Gasteiger partial charge is 0.292 e. The molecule has 2 aromatic carbocycles. The molecule has 7 heteroatoms. The van der Waals surface area contributed by atoms with Gasteiger partial charge >= 0.3 is 0 Å². The van der Waals surface area contributed by atoms with Crippen LogP contribution in [0.5, 0.6) is 0 Å². The van der Waals surface area contributed by atoms with Crippen molar-refractivity contribution < 1.29 is 9.72 Å². The summed E-state index contributed by atoms with van der Waals surface area (Å²) < 4.78 is 0. The Labute approximate surface area is 171 Å². The number of nitrogens with zero attached hydrogens (tertiary/aromatic N) is 3. The van der Waals surface area contributed by atoms with Gasteiger partial charge < -0.3 is 10.2 Å². The number of amides is 1. The van der Waals surface area contributed by atoms with Gasteiger partial charge in [-0.25, -0.2) is 0 Å². The Balaban J connectivity index is 1.59. The van der Waals surface area contributed by atoms with Gasteiger partial charge in [0.15, 0.2) is 0 Å². The fourth-order valence-corrected chi connectivity index (χ4v) is 3.82. The highest BCUT2D eigenvalue weighted by atomic mass is 16.6. The first-order valence-electron chi connectivity index (χ1n) is 10.1. The van der Waals surface area contributed by atoms with E-state index in [0.29, 0.717) is 38.4 Å². The summed E-state index contributed by atoms with van der Waals surface area (Å²) in [6.07, 6.45) is 1.75. The van der Waals surface area contributed by atoms with Crippen molar-refractivity contribution in [2.45, 2.75) is 26.7 Å². The number of piperazine rings is 1. The van der Waals surface area contributed by atoms with E-state index in [2.05, 4.69) is 36.2 Å². The molecule has 1 aliphatic heterocycles. The van der Waals surface area contributed by atoms with E-state index in [1.54, 1.807) is 12.1 Å². The molecule has 0 unspecified atom stereocenters. The number of rotatable bonds is 7. The number of carbonyl (C=O) groups is 1. The van der Waals surface area contributed by atoms with E-state index in [0.717, 1.165) is 29.7 Å². The van der Waals surface area contributed by atoms with E-state index in [-0.39, 0.29) is 16.5 Å². The van der Waals surface area contributed by atoms with Crippen molar-refractivity contribution in [2.24, 2.45) is 0 Å². The lowest BCUT2D eigenvalue weighted by Crippen LogP contribution is -2.48. The van der Waals surface area contributed by atoms with Crippen LogP contribution in [0.2, 0.25) is 0 Å². The van der Waals surface area contributed by atoms with E-state index in [1.807, 2.05) is 17.0 Å². The molecular formula is C22H28N4O3.